The summed E-state index contributed by atoms with van der Waals surface area (Å²) in [4.78, 5) is 68.5. The van der Waals surface area contributed by atoms with Crippen molar-refractivity contribution in [3.05, 3.63) is 112 Å². The summed E-state index contributed by atoms with van der Waals surface area (Å²) in [7, 11) is 0. The van der Waals surface area contributed by atoms with Crippen molar-refractivity contribution in [3.63, 3.8) is 0 Å². The highest BCUT2D eigenvalue weighted by Gasteiger charge is 2.44. The van der Waals surface area contributed by atoms with Crippen LogP contribution in [-0.4, -0.2) is 79.8 Å². The lowest BCUT2D eigenvalue weighted by atomic mass is 9.99. The number of amides is 5. The van der Waals surface area contributed by atoms with E-state index in [0.29, 0.717) is 41.4 Å². The predicted molar refractivity (Wildman–Crippen MR) is 208 cm³/mol. The van der Waals surface area contributed by atoms with Crippen LogP contribution in [0.1, 0.15) is 58.2 Å². The number of likely N-dealkylation sites (tertiary alicyclic amines) is 1. The quantitative estimate of drug-likeness (QED) is 0.205. The average molecular weight is 772 g/mol. The van der Waals surface area contributed by atoms with Gasteiger partial charge in [-0.05, 0) is 72.4 Å². The highest BCUT2D eigenvalue weighted by molar-refractivity contribution is 7.13. The van der Waals surface area contributed by atoms with E-state index in [4.69, 9.17) is 0 Å². The fourth-order valence-electron chi connectivity index (χ4n) is 9.10. The molecule has 5 aliphatic rings. The number of aryl methyl sites for hydroxylation is 1. The number of anilines is 3. The van der Waals surface area contributed by atoms with Crippen molar-refractivity contribution < 1.29 is 23.6 Å². The Morgan fingerprint density at radius 1 is 0.946 bits per heavy atom. The largest absolute Gasteiger partial charge is 0.366 e. The summed E-state index contributed by atoms with van der Waals surface area (Å²) in [5.41, 5.74) is 6.44. The number of hydrogen-bond donors (Lipinski definition) is 2. The monoisotopic (exact) mass is 771 g/mol. The van der Waals surface area contributed by atoms with Gasteiger partial charge in [0.05, 0.1) is 18.6 Å². The number of imidazole rings is 1. The summed E-state index contributed by atoms with van der Waals surface area (Å²) in [5, 5.41) is 7.41. The van der Waals surface area contributed by atoms with E-state index in [1.54, 1.807) is 28.9 Å². The Hall–Kier alpha value is -5.93. The van der Waals surface area contributed by atoms with Crippen LogP contribution in [0.15, 0.2) is 78.6 Å². The number of carbonyl (C=O) groups excluding carboxylic acids is 4. The Balaban J connectivity index is 0.820. The number of nitrogens with zero attached hydrogens (tertiary/aromatic N) is 7. The molecule has 15 heteroatoms. The molecule has 3 fully saturated rings. The van der Waals surface area contributed by atoms with Crippen molar-refractivity contribution in [2.24, 2.45) is 0 Å². The number of halogens is 1. The minimum atomic E-state index is -1.04. The van der Waals surface area contributed by atoms with Gasteiger partial charge in [-0.15, -0.1) is 11.3 Å². The first-order valence-corrected chi connectivity index (χ1v) is 19.8. The van der Waals surface area contributed by atoms with Crippen LogP contribution in [0.5, 0.6) is 0 Å². The molecule has 2 N–H and O–H groups in total. The first kappa shape index (κ1) is 34.6. The number of aromatic nitrogens is 3. The number of thiazole rings is 1. The highest BCUT2D eigenvalue weighted by Crippen LogP contribution is 2.40. The molecule has 2 aromatic heterocycles. The maximum atomic E-state index is 15.9. The smallest absolute Gasteiger partial charge is 0.328 e. The van der Waals surface area contributed by atoms with Gasteiger partial charge in [-0.2, -0.15) is 0 Å². The molecule has 3 saturated heterocycles. The number of nitrogens with one attached hydrogen (secondary N) is 2. The van der Waals surface area contributed by atoms with Crippen LogP contribution < -0.4 is 20.4 Å². The molecule has 0 spiro atoms. The molecule has 13 nitrogen and oxygen atoms in total. The van der Waals surface area contributed by atoms with E-state index in [1.165, 1.54) is 27.9 Å². The molecule has 0 saturated carbocycles. The minimum Gasteiger partial charge on any atom is -0.366 e. The summed E-state index contributed by atoms with van der Waals surface area (Å²) in [6, 6.07) is 18.7. The zero-order valence-electron chi connectivity index (χ0n) is 30.4. The first-order chi connectivity index (χ1) is 27.3. The summed E-state index contributed by atoms with van der Waals surface area (Å²) < 4.78 is 17.9. The second-order valence-corrected chi connectivity index (χ2v) is 16.0. The molecule has 5 amide bonds. The number of piperazine rings is 1. The Bertz CT molecular complexity index is 2380. The molecule has 56 heavy (non-hydrogen) atoms. The molecule has 284 valence electrons. The molecule has 5 aromatic rings. The number of hydrogen-bond acceptors (Lipinski definition) is 9. The maximum absolute atomic E-state index is 15.9. The lowest BCUT2D eigenvalue weighted by Gasteiger charge is -2.35. The summed E-state index contributed by atoms with van der Waals surface area (Å²) in [6.07, 6.45) is 6.36. The van der Waals surface area contributed by atoms with Crippen LogP contribution in [0.2, 0.25) is 0 Å². The third-order valence-corrected chi connectivity index (χ3v) is 12.6. The normalized spacial score (nSPS) is 20.8. The van der Waals surface area contributed by atoms with E-state index in [-0.39, 0.29) is 29.6 Å². The fraction of sp³-hybridized carbons (Fsp3) is 0.317. The van der Waals surface area contributed by atoms with Crippen molar-refractivity contribution in [3.8, 4) is 11.1 Å². The molecule has 3 aromatic carbocycles. The second-order valence-electron chi connectivity index (χ2n) is 15.1. The van der Waals surface area contributed by atoms with E-state index >= 15 is 4.39 Å². The van der Waals surface area contributed by atoms with Crippen molar-refractivity contribution in [1.29, 1.82) is 0 Å². The average Bonchev–Trinajstić information content (AvgIpc) is 4.06. The van der Waals surface area contributed by atoms with Gasteiger partial charge in [0.15, 0.2) is 11.2 Å². The number of benzene rings is 3. The summed E-state index contributed by atoms with van der Waals surface area (Å²) >= 11 is 1.29. The van der Waals surface area contributed by atoms with Crippen LogP contribution >= 0.6 is 11.3 Å². The van der Waals surface area contributed by atoms with Crippen LogP contribution in [0.4, 0.5) is 25.7 Å². The van der Waals surface area contributed by atoms with Gasteiger partial charge in [-0.1, -0.05) is 24.3 Å². The van der Waals surface area contributed by atoms with Gasteiger partial charge in [0.2, 0.25) is 5.91 Å². The molecule has 10 rings (SSSR count). The van der Waals surface area contributed by atoms with E-state index < -0.39 is 23.7 Å². The Labute approximate surface area is 325 Å². The topological polar surface area (TPSA) is 136 Å². The Kier molecular flexibility index (Phi) is 8.44. The third kappa shape index (κ3) is 6.01. The molecule has 1 unspecified atom stereocenters. The van der Waals surface area contributed by atoms with Crippen LogP contribution in [-0.2, 0) is 35.6 Å². The maximum Gasteiger partial charge on any atom is 0.328 e. The number of rotatable bonds is 9. The van der Waals surface area contributed by atoms with Gasteiger partial charge in [-0.3, -0.25) is 34.8 Å². The van der Waals surface area contributed by atoms with Crippen LogP contribution in [0.25, 0.3) is 11.1 Å². The van der Waals surface area contributed by atoms with Gasteiger partial charge in [-0.25, -0.2) is 19.2 Å². The van der Waals surface area contributed by atoms with Crippen molar-refractivity contribution >= 4 is 51.6 Å². The molecule has 7 heterocycles. The number of imide groups is 1. The van der Waals surface area contributed by atoms with E-state index in [1.807, 2.05) is 28.8 Å². The van der Waals surface area contributed by atoms with Gasteiger partial charge in [0, 0.05) is 91.0 Å². The zero-order chi connectivity index (χ0) is 38.1. The number of urea groups is 1. The van der Waals surface area contributed by atoms with Crippen molar-refractivity contribution in [1.82, 2.24) is 29.7 Å². The standard InChI is InChI=1S/C41H38FN9O4S/c42-33-17-26(16-31-32(33)22-51(39(31)54)37(38(53)46-40-43-12-15-56-40)36-34-2-1-13-47(34)23-44-36)25-5-9-28(10-6-25)50-21-29-18-30(50)20-48(29)19-24-3-7-27(8-4-24)49-14-11-35(52)45-41(49)55/h3-10,12,15-17,23,29-30,37H,1-2,11,13-14,18-22H2,(H,43,46,53)(H,45,52,55)/t29-,30-,37?/m1/s1. The fourth-order valence-corrected chi connectivity index (χ4v) is 9.63. The summed E-state index contributed by atoms with van der Waals surface area (Å²) in [5.74, 6) is -1.56. The zero-order valence-corrected chi connectivity index (χ0v) is 31.2. The lowest BCUT2D eigenvalue weighted by molar-refractivity contribution is -0.121. The van der Waals surface area contributed by atoms with E-state index in [9.17, 15) is 19.2 Å². The molecular weight excluding hydrogens is 734 g/mol. The molecule has 5 aliphatic heterocycles. The van der Waals surface area contributed by atoms with Gasteiger partial charge < -0.3 is 14.4 Å². The highest BCUT2D eigenvalue weighted by atomic mass is 32.1. The van der Waals surface area contributed by atoms with E-state index in [2.05, 4.69) is 54.7 Å². The Morgan fingerprint density at radius 3 is 2.52 bits per heavy atom. The van der Waals surface area contributed by atoms with Crippen molar-refractivity contribution in [2.75, 3.05) is 34.8 Å². The molecule has 0 aliphatic carbocycles. The lowest BCUT2D eigenvalue weighted by Crippen LogP contribution is -2.49. The van der Waals surface area contributed by atoms with Gasteiger partial charge >= 0.3 is 6.03 Å². The van der Waals surface area contributed by atoms with Gasteiger partial charge in [0.1, 0.15) is 5.82 Å². The number of fused-ring (bicyclic) bond motifs is 4. The first-order valence-electron chi connectivity index (χ1n) is 19.0. The Morgan fingerprint density at radius 2 is 1.77 bits per heavy atom. The minimum absolute atomic E-state index is 0.0399. The molecule has 3 atom stereocenters. The van der Waals surface area contributed by atoms with Crippen LogP contribution in [0.3, 0.4) is 0 Å². The third-order valence-electron chi connectivity index (χ3n) is 11.9. The molecule has 0 radical (unpaired) electrons. The SMILES string of the molecule is O=C1CCN(c2ccc(CN3C[C@H]4C[C@@H]3CN4c3ccc(-c4cc(F)c5c(c4)C(=O)N(C(C(=O)Nc4nccs4)c4ncn6c4CCC6)C5)cc3)cc2)C(=O)N1. The molecular formula is C41H38FN9O4S. The molecule has 2 bridgehead atoms. The predicted octanol–water partition coefficient (Wildman–Crippen LogP) is 5.34. The van der Waals surface area contributed by atoms with Gasteiger partial charge in [0.25, 0.3) is 11.8 Å². The number of carbonyl (C=O) groups is 4. The van der Waals surface area contributed by atoms with Crippen molar-refractivity contribution in [2.45, 2.75) is 63.4 Å². The summed E-state index contributed by atoms with van der Waals surface area (Å²) in [6.45, 7) is 3.80. The second kappa shape index (κ2) is 13.7. The van der Waals surface area contributed by atoms with Crippen LogP contribution in [0, 0.1) is 5.82 Å². The van der Waals surface area contributed by atoms with E-state index in [0.717, 1.165) is 68.1 Å².